The lowest BCUT2D eigenvalue weighted by atomic mass is 9.92. The average molecular weight is 281 g/mol. The van der Waals surface area contributed by atoms with Gasteiger partial charge in [-0.15, -0.1) is 0 Å². The van der Waals surface area contributed by atoms with Crippen molar-refractivity contribution in [2.45, 2.75) is 53.5 Å². The predicted octanol–water partition coefficient (Wildman–Crippen LogP) is 4.34. The third kappa shape index (κ3) is 4.18. The molecule has 0 aliphatic heterocycles. The van der Waals surface area contributed by atoms with Crippen molar-refractivity contribution in [3.05, 3.63) is 69.3 Å². The Hall–Kier alpha value is -1.60. The molecule has 2 aromatic carbocycles. The summed E-state index contributed by atoms with van der Waals surface area (Å²) in [6.45, 7) is 10.8. The van der Waals surface area contributed by atoms with E-state index in [9.17, 15) is 0 Å². The summed E-state index contributed by atoms with van der Waals surface area (Å²) in [5, 5.41) is 0. The normalized spacial score (nSPS) is 12.5. The van der Waals surface area contributed by atoms with Crippen molar-refractivity contribution >= 4 is 0 Å². The van der Waals surface area contributed by atoms with E-state index in [0.717, 1.165) is 12.8 Å². The Morgan fingerprint density at radius 1 is 0.714 bits per heavy atom. The molecule has 0 saturated carbocycles. The summed E-state index contributed by atoms with van der Waals surface area (Å²) >= 11 is 0. The number of hydrogen-bond donors (Lipinski definition) is 1. The quantitative estimate of drug-likeness (QED) is 0.886. The molecule has 1 unspecified atom stereocenters. The van der Waals surface area contributed by atoms with Gasteiger partial charge < -0.3 is 5.73 Å². The minimum Gasteiger partial charge on any atom is -0.327 e. The van der Waals surface area contributed by atoms with Gasteiger partial charge in [-0.1, -0.05) is 47.0 Å². The van der Waals surface area contributed by atoms with E-state index in [-0.39, 0.29) is 6.04 Å². The van der Waals surface area contributed by atoms with Crippen LogP contribution in [0.5, 0.6) is 0 Å². The lowest BCUT2D eigenvalue weighted by molar-refractivity contribution is 0.660. The van der Waals surface area contributed by atoms with Crippen molar-refractivity contribution in [2.75, 3.05) is 0 Å². The molecule has 0 saturated heterocycles. The fraction of sp³-hybridized carbons (Fsp3) is 0.400. The first kappa shape index (κ1) is 15.8. The SMILES string of the molecule is Cc1cc(C)cc(CC(N)Cc2c(C)cc(C)cc2C)c1. The number of aryl methyl sites for hydroxylation is 5. The van der Waals surface area contributed by atoms with Crippen LogP contribution in [0.15, 0.2) is 30.3 Å². The minimum absolute atomic E-state index is 0.173. The van der Waals surface area contributed by atoms with Crippen molar-refractivity contribution < 1.29 is 0 Å². The summed E-state index contributed by atoms with van der Waals surface area (Å²) in [6.07, 6.45) is 1.89. The van der Waals surface area contributed by atoms with Crippen LogP contribution in [0, 0.1) is 34.6 Å². The molecule has 0 radical (unpaired) electrons. The van der Waals surface area contributed by atoms with Crippen molar-refractivity contribution in [1.29, 1.82) is 0 Å². The molecule has 0 heterocycles. The molecule has 2 rings (SSSR count). The molecule has 1 nitrogen and oxygen atoms in total. The van der Waals surface area contributed by atoms with E-state index in [4.69, 9.17) is 5.73 Å². The fourth-order valence-electron chi connectivity index (χ4n) is 3.36. The zero-order valence-corrected chi connectivity index (χ0v) is 14.0. The standard InChI is InChI=1S/C20H27N/c1-13-6-14(2)10-18(9-13)11-19(21)12-20-16(4)7-15(3)8-17(20)5/h6-10,19H,11-12,21H2,1-5H3. The molecular formula is C20H27N. The molecule has 2 aromatic rings. The van der Waals surface area contributed by atoms with Gasteiger partial charge in [-0.25, -0.2) is 0 Å². The number of rotatable bonds is 4. The molecule has 0 fully saturated rings. The molecule has 0 spiro atoms. The Bertz CT molecular complexity index is 597. The lowest BCUT2D eigenvalue weighted by Gasteiger charge is -2.17. The molecule has 112 valence electrons. The fourth-order valence-corrected chi connectivity index (χ4v) is 3.36. The van der Waals surface area contributed by atoms with Crippen molar-refractivity contribution in [3.63, 3.8) is 0 Å². The largest absolute Gasteiger partial charge is 0.327 e. The highest BCUT2D eigenvalue weighted by Crippen LogP contribution is 2.19. The second kappa shape index (κ2) is 6.44. The van der Waals surface area contributed by atoms with Gasteiger partial charge in [0, 0.05) is 6.04 Å². The summed E-state index contributed by atoms with van der Waals surface area (Å²) in [4.78, 5) is 0. The first-order valence-electron chi connectivity index (χ1n) is 7.74. The molecule has 0 aromatic heterocycles. The van der Waals surface area contributed by atoms with Gasteiger partial charge in [0.1, 0.15) is 0 Å². The maximum absolute atomic E-state index is 6.41. The Kier molecular flexibility index (Phi) is 4.84. The van der Waals surface area contributed by atoms with Crippen LogP contribution in [0.1, 0.15) is 38.9 Å². The molecule has 1 heteroatoms. The lowest BCUT2D eigenvalue weighted by Crippen LogP contribution is -2.26. The monoisotopic (exact) mass is 281 g/mol. The van der Waals surface area contributed by atoms with Crippen LogP contribution in [-0.2, 0) is 12.8 Å². The molecule has 21 heavy (non-hydrogen) atoms. The van der Waals surface area contributed by atoms with Crippen LogP contribution in [-0.4, -0.2) is 6.04 Å². The Morgan fingerprint density at radius 3 is 1.71 bits per heavy atom. The van der Waals surface area contributed by atoms with Gasteiger partial charge in [0.25, 0.3) is 0 Å². The van der Waals surface area contributed by atoms with E-state index in [1.54, 1.807) is 0 Å². The van der Waals surface area contributed by atoms with Crippen LogP contribution in [0.4, 0.5) is 0 Å². The van der Waals surface area contributed by atoms with Crippen LogP contribution in [0.3, 0.4) is 0 Å². The average Bonchev–Trinajstić information content (AvgIpc) is 2.32. The van der Waals surface area contributed by atoms with Gasteiger partial charge in [-0.3, -0.25) is 0 Å². The van der Waals surface area contributed by atoms with Gasteiger partial charge in [0.2, 0.25) is 0 Å². The van der Waals surface area contributed by atoms with E-state index in [0.29, 0.717) is 0 Å². The summed E-state index contributed by atoms with van der Waals surface area (Å²) in [6, 6.07) is 11.4. The van der Waals surface area contributed by atoms with Crippen LogP contribution < -0.4 is 5.73 Å². The third-order valence-corrected chi connectivity index (χ3v) is 4.09. The second-order valence-corrected chi connectivity index (χ2v) is 6.54. The van der Waals surface area contributed by atoms with Gasteiger partial charge in [-0.2, -0.15) is 0 Å². The molecule has 1 atom stereocenters. The van der Waals surface area contributed by atoms with Gasteiger partial charge >= 0.3 is 0 Å². The van der Waals surface area contributed by atoms with Gasteiger partial charge in [0.15, 0.2) is 0 Å². The van der Waals surface area contributed by atoms with Gasteiger partial charge in [-0.05, 0) is 69.7 Å². The summed E-state index contributed by atoms with van der Waals surface area (Å²) in [7, 11) is 0. The van der Waals surface area contributed by atoms with Crippen LogP contribution >= 0.6 is 0 Å². The number of hydrogen-bond acceptors (Lipinski definition) is 1. The van der Waals surface area contributed by atoms with E-state index >= 15 is 0 Å². The van der Waals surface area contributed by atoms with Gasteiger partial charge in [0.05, 0.1) is 0 Å². The predicted molar refractivity (Wildman–Crippen MR) is 92.0 cm³/mol. The molecule has 0 aliphatic carbocycles. The van der Waals surface area contributed by atoms with Crippen molar-refractivity contribution in [2.24, 2.45) is 5.73 Å². The highest BCUT2D eigenvalue weighted by Gasteiger charge is 2.11. The topological polar surface area (TPSA) is 26.0 Å². The summed E-state index contributed by atoms with van der Waals surface area (Å²) in [5.41, 5.74) is 15.9. The smallest absolute Gasteiger partial charge is 0.0120 e. The Labute approximate surface area is 129 Å². The molecule has 0 amide bonds. The third-order valence-electron chi connectivity index (χ3n) is 4.09. The molecule has 2 N–H and O–H groups in total. The first-order chi connectivity index (χ1) is 9.85. The zero-order valence-electron chi connectivity index (χ0n) is 14.0. The Balaban J connectivity index is 2.13. The Morgan fingerprint density at radius 2 is 1.19 bits per heavy atom. The van der Waals surface area contributed by atoms with E-state index < -0.39 is 0 Å². The van der Waals surface area contributed by atoms with Crippen molar-refractivity contribution in [3.8, 4) is 0 Å². The number of benzene rings is 2. The molecule has 0 aliphatic rings. The van der Waals surface area contributed by atoms with Crippen LogP contribution in [0.25, 0.3) is 0 Å². The maximum atomic E-state index is 6.41. The summed E-state index contributed by atoms with van der Waals surface area (Å²) < 4.78 is 0. The highest BCUT2D eigenvalue weighted by molar-refractivity contribution is 5.38. The maximum Gasteiger partial charge on any atom is 0.0120 e. The van der Waals surface area contributed by atoms with Crippen molar-refractivity contribution in [1.82, 2.24) is 0 Å². The van der Waals surface area contributed by atoms with E-state index in [1.165, 1.54) is 38.9 Å². The van der Waals surface area contributed by atoms with E-state index in [2.05, 4.69) is 65.0 Å². The molecule has 0 bridgehead atoms. The van der Waals surface area contributed by atoms with Crippen LogP contribution in [0.2, 0.25) is 0 Å². The second-order valence-electron chi connectivity index (χ2n) is 6.54. The minimum atomic E-state index is 0.173. The molecular weight excluding hydrogens is 254 g/mol. The highest BCUT2D eigenvalue weighted by atomic mass is 14.6. The first-order valence-corrected chi connectivity index (χ1v) is 7.74. The van der Waals surface area contributed by atoms with E-state index in [1.807, 2.05) is 0 Å². The summed E-state index contributed by atoms with van der Waals surface area (Å²) in [5.74, 6) is 0. The number of nitrogens with two attached hydrogens (primary N) is 1. The zero-order chi connectivity index (χ0) is 15.6.